The van der Waals surface area contributed by atoms with Gasteiger partial charge in [0.1, 0.15) is 5.75 Å². The smallest absolute Gasteiger partial charge is 0.252 e. The van der Waals surface area contributed by atoms with E-state index in [1.165, 1.54) is 13.1 Å². The first-order valence-electron chi connectivity index (χ1n) is 5.46. The zero-order valence-electron chi connectivity index (χ0n) is 9.84. The van der Waals surface area contributed by atoms with E-state index in [2.05, 4.69) is 4.72 Å². The fourth-order valence-electron chi connectivity index (χ4n) is 1.93. The molecule has 1 aliphatic heterocycles. The topological polar surface area (TPSA) is 98.5 Å². The Balaban J connectivity index is 2.42. The number of rotatable bonds is 3. The molecule has 1 amide bonds. The van der Waals surface area contributed by atoms with Crippen molar-refractivity contribution in [3.63, 3.8) is 0 Å². The first-order valence-corrected chi connectivity index (χ1v) is 7.01. The number of hydrogen-bond acceptors (Lipinski definition) is 4. The van der Waals surface area contributed by atoms with E-state index < -0.39 is 21.4 Å². The molecule has 0 aromatic heterocycles. The normalized spacial score (nSPS) is 18.8. The summed E-state index contributed by atoms with van der Waals surface area (Å²) in [7, 11) is -2.20. The summed E-state index contributed by atoms with van der Waals surface area (Å²) in [4.78, 5) is 11.3. The Bertz CT molecular complexity index is 583. The second-order valence-electron chi connectivity index (χ2n) is 3.99. The maximum absolute atomic E-state index is 11.7. The molecule has 98 valence electrons. The minimum Gasteiger partial charge on any atom is -0.472 e. The highest BCUT2D eigenvalue weighted by molar-refractivity contribution is 7.89. The van der Waals surface area contributed by atoms with Gasteiger partial charge in [0.2, 0.25) is 15.5 Å². The van der Waals surface area contributed by atoms with Crippen molar-refractivity contribution in [2.24, 2.45) is 5.73 Å². The molecular weight excluding hydrogens is 256 g/mol. The Morgan fingerprint density at radius 1 is 1.50 bits per heavy atom. The van der Waals surface area contributed by atoms with Crippen LogP contribution in [-0.2, 0) is 16.4 Å². The Kier molecular flexibility index (Phi) is 3.27. The van der Waals surface area contributed by atoms with Gasteiger partial charge in [-0.05, 0) is 25.1 Å². The molecule has 1 aliphatic rings. The molecule has 0 spiro atoms. The van der Waals surface area contributed by atoms with Crippen LogP contribution in [-0.4, -0.2) is 26.8 Å². The van der Waals surface area contributed by atoms with E-state index in [0.717, 1.165) is 5.56 Å². The third kappa shape index (κ3) is 2.19. The lowest BCUT2D eigenvalue weighted by Crippen LogP contribution is -2.38. The molecule has 0 saturated heterocycles. The maximum atomic E-state index is 11.7. The number of primary amides is 1. The van der Waals surface area contributed by atoms with Crippen LogP contribution in [0.2, 0.25) is 0 Å². The number of aryl methyl sites for hydroxylation is 1. The van der Waals surface area contributed by atoms with Crippen LogP contribution < -0.4 is 15.2 Å². The molecule has 7 heteroatoms. The lowest BCUT2D eigenvalue weighted by molar-refractivity contribution is 0.0993. The fourth-order valence-corrected chi connectivity index (χ4v) is 2.84. The molecule has 3 N–H and O–H groups in total. The number of ether oxygens (including phenoxy) is 1. The number of benzene rings is 1. The summed E-state index contributed by atoms with van der Waals surface area (Å²) in [6.07, 6.45) is 0.875. The molecule has 1 aromatic carbocycles. The number of hydrogen-bond donors (Lipinski definition) is 2. The zero-order valence-corrected chi connectivity index (χ0v) is 10.7. The average molecular weight is 270 g/mol. The first kappa shape index (κ1) is 12.8. The molecule has 18 heavy (non-hydrogen) atoms. The van der Waals surface area contributed by atoms with E-state index in [4.69, 9.17) is 10.5 Å². The predicted octanol–water partition coefficient (Wildman–Crippen LogP) is -0.0142. The van der Waals surface area contributed by atoms with Crippen LogP contribution in [0.15, 0.2) is 18.2 Å². The van der Waals surface area contributed by atoms with Crippen molar-refractivity contribution < 1.29 is 17.9 Å². The molecule has 1 unspecified atom stereocenters. The molecule has 0 aliphatic carbocycles. The minimum absolute atomic E-state index is 0.212. The standard InChI is InChI=1S/C11H14N2O4S/c1-13-18(15,16)9-6-5-7-3-2-4-8(11(12)14)10(7)17-9/h2-4,9,13H,5-6H2,1H3,(H2,12,14). The number of sulfonamides is 1. The van der Waals surface area contributed by atoms with Gasteiger partial charge in [-0.3, -0.25) is 4.79 Å². The summed E-state index contributed by atoms with van der Waals surface area (Å²) in [6.45, 7) is 0. The highest BCUT2D eigenvalue weighted by atomic mass is 32.2. The lowest BCUT2D eigenvalue weighted by Gasteiger charge is -2.26. The van der Waals surface area contributed by atoms with Gasteiger partial charge in [-0.2, -0.15) is 0 Å². The summed E-state index contributed by atoms with van der Waals surface area (Å²) < 4.78 is 31.0. The van der Waals surface area contributed by atoms with E-state index in [0.29, 0.717) is 12.8 Å². The first-order chi connectivity index (χ1) is 8.45. The van der Waals surface area contributed by atoms with Crippen molar-refractivity contribution in [1.82, 2.24) is 4.72 Å². The molecule has 2 rings (SSSR count). The summed E-state index contributed by atoms with van der Waals surface area (Å²) in [6, 6.07) is 5.02. The van der Waals surface area contributed by atoms with Gasteiger partial charge < -0.3 is 10.5 Å². The van der Waals surface area contributed by atoms with Crippen molar-refractivity contribution >= 4 is 15.9 Å². The van der Waals surface area contributed by atoms with Gasteiger partial charge in [0.05, 0.1) is 5.56 Å². The molecule has 1 atom stereocenters. The molecule has 0 saturated carbocycles. The number of fused-ring (bicyclic) bond motifs is 1. The number of para-hydroxylation sites is 1. The van der Waals surface area contributed by atoms with E-state index >= 15 is 0 Å². The highest BCUT2D eigenvalue weighted by Crippen LogP contribution is 2.32. The Labute approximate surface area is 105 Å². The second-order valence-corrected chi connectivity index (χ2v) is 6.02. The number of nitrogens with two attached hydrogens (primary N) is 1. The lowest BCUT2D eigenvalue weighted by atomic mass is 10.0. The van der Waals surface area contributed by atoms with Gasteiger partial charge in [0, 0.05) is 6.42 Å². The van der Waals surface area contributed by atoms with Gasteiger partial charge in [-0.15, -0.1) is 0 Å². The summed E-state index contributed by atoms with van der Waals surface area (Å²) in [5, 5.41) is 0. The fraction of sp³-hybridized carbons (Fsp3) is 0.364. The van der Waals surface area contributed by atoms with E-state index in [1.807, 2.05) is 0 Å². The van der Waals surface area contributed by atoms with Gasteiger partial charge in [-0.25, -0.2) is 13.1 Å². The van der Waals surface area contributed by atoms with Crippen molar-refractivity contribution in [3.05, 3.63) is 29.3 Å². The third-order valence-corrected chi connectivity index (χ3v) is 4.48. The Hall–Kier alpha value is -1.60. The number of nitrogens with one attached hydrogen (secondary N) is 1. The van der Waals surface area contributed by atoms with Crippen LogP contribution in [0.4, 0.5) is 0 Å². The van der Waals surface area contributed by atoms with E-state index in [9.17, 15) is 13.2 Å². The quantitative estimate of drug-likeness (QED) is 0.806. The molecule has 0 fully saturated rings. The molecule has 6 nitrogen and oxygen atoms in total. The van der Waals surface area contributed by atoms with Crippen LogP contribution in [0.25, 0.3) is 0 Å². The summed E-state index contributed by atoms with van der Waals surface area (Å²) in [5.41, 5.74) is 5.26. The number of amides is 1. The third-order valence-electron chi connectivity index (χ3n) is 2.89. The van der Waals surface area contributed by atoms with Crippen molar-refractivity contribution in [1.29, 1.82) is 0 Å². The predicted molar refractivity (Wildman–Crippen MR) is 65.7 cm³/mol. The van der Waals surface area contributed by atoms with Crippen LogP contribution in [0.1, 0.15) is 22.3 Å². The summed E-state index contributed by atoms with van der Waals surface area (Å²) >= 11 is 0. The second kappa shape index (κ2) is 4.58. The Morgan fingerprint density at radius 2 is 2.22 bits per heavy atom. The van der Waals surface area contributed by atoms with Crippen LogP contribution in [0.3, 0.4) is 0 Å². The molecule has 0 radical (unpaired) electrons. The number of carbonyl (C=O) groups is 1. The SMILES string of the molecule is CNS(=O)(=O)C1CCc2cccc(C(N)=O)c2O1. The van der Waals surface area contributed by atoms with Crippen molar-refractivity contribution in [2.45, 2.75) is 18.3 Å². The van der Waals surface area contributed by atoms with Gasteiger partial charge in [0.15, 0.2) is 0 Å². The summed E-state index contributed by atoms with van der Waals surface area (Å²) in [5.74, 6) is -0.352. The number of carbonyl (C=O) groups excluding carboxylic acids is 1. The van der Waals surface area contributed by atoms with Crippen molar-refractivity contribution in [3.8, 4) is 5.75 Å². The highest BCUT2D eigenvalue weighted by Gasteiger charge is 2.32. The van der Waals surface area contributed by atoms with Gasteiger partial charge in [0.25, 0.3) is 5.91 Å². The molecule has 1 heterocycles. The van der Waals surface area contributed by atoms with Gasteiger partial charge in [-0.1, -0.05) is 12.1 Å². The van der Waals surface area contributed by atoms with E-state index in [1.54, 1.807) is 12.1 Å². The molecular formula is C11H14N2O4S. The minimum atomic E-state index is -3.53. The van der Waals surface area contributed by atoms with Gasteiger partial charge >= 0.3 is 0 Å². The van der Waals surface area contributed by atoms with Crippen molar-refractivity contribution in [2.75, 3.05) is 7.05 Å². The monoisotopic (exact) mass is 270 g/mol. The maximum Gasteiger partial charge on any atom is 0.252 e. The van der Waals surface area contributed by atoms with E-state index in [-0.39, 0.29) is 11.3 Å². The largest absolute Gasteiger partial charge is 0.472 e. The zero-order chi connectivity index (χ0) is 13.3. The van der Waals surface area contributed by atoms with Crippen LogP contribution >= 0.6 is 0 Å². The molecule has 0 bridgehead atoms. The van der Waals surface area contributed by atoms with Crippen LogP contribution in [0.5, 0.6) is 5.75 Å². The average Bonchev–Trinajstić information content (AvgIpc) is 2.37. The molecule has 1 aromatic rings. The van der Waals surface area contributed by atoms with Crippen LogP contribution in [0, 0.1) is 0 Å². The Morgan fingerprint density at radius 3 is 2.83 bits per heavy atom.